The Morgan fingerprint density at radius 1 is 1.41 bits per heavy atom. The molecule has 1 rings (SSSR count). The highest BCUT2D eigenvalue weighted by atomic mass is 16.2. The predicted molar refractivity (Wildman–Crippen MR) is 71.3 cm³/mol. The maximum absolute atomic E-state index is 12.1. The number of carbonyl (C=O) groups is 1. The van der Waals surface area contributed by atoms with Crippen LogP contribution in [0.2, 0.25) is 0 Å². The van der Waals surface area contributed by atoms with Crippen LogP contribution in [0.4, 0.5) is 11.5 Å². The minimum absolute atomic E-state index is 0.0792. The number of hydrogen-bond acceptors (Lipinski definition) is 3. The molecule has 4 heteroatoms. The summed E-state index contributed by atoms with van der Waals surface area (Å²) in [5.41, 5.74) is 0.432. The van der Waals surface area contributed by atoms with E-state index in [2.05, 4.69) is 10.3 Å². The summed E-state index contributed by atoms with van der Waals surface area (Å²) in [6, 6.07) is 3.78. The molecule has 0 bridgehead atoms. The molecule has 0 aliphatic heterocycles. The van der Waals surface area contributed by atoms with Crippen molar-refractivity contribution < 1.29 is 4.79 Å². The van der Waals surface area contributed by atoms with Crippen LogP contribution in [0.25, 0.3) is 0 Å². The first-order valence-corrected chi connectivity index (χ1v) is 5.84. The number of rotatable bonds is 3. The van der Waals surface area contributed by atoms with Crippen molar-refractivity contribution in [3.63, 3.8) is 0 Å². The highest BCUT2D eigenvalue weighted by Gasteiger charge is 2.25. The zero-order valence-corrected chi connectivity index (χ0v) is 11.2. The zero-order valence-electron chi connectivity index (χ0n) is 11.2. The van der Waals surface area contributed by atoms with Gasteiger partial charge in [-0.25, -0.2) is 4.98 Å². The topological polar surface area (TPSA) is 45.2 Å². The van der Waals surface area contributed by atoms with E-state index in [4.69, 9.17) is 0 Å². The lowest BCUT2D eigenvalue weighted by Gasteiger charge is -2.25. The van der Waals surface area contributed by atoms with E-state index >= 15 is 0 Å². The van der Waals surface area contributed by atoms with Crippen molar-refractivity contribution in [2.24, 2.45) is 5.41 Å². The van der Waals surface area contributed by atoms with Gasteiger partial charge >= 0.3 is 0 Å². The number of carbonyl (C=O) groups excluding carboxylic acids is 1. The maximum atomic E-state index is 12.1. The van der Waals surface area contributed by atoms with E-state index in [0.717, 1.165) is 18.1 Å². The largest absolute Gasteiger partial charge is 0.370 e. The predicted octanol–water partition coefficient (Wildman–Crippen LogP) is 2.52. The Bertz CT molecular complexity index is 379. The van der Waals surface area contributed by atoms with Crippen molar-refractivity contribution >= 4 is 17.4 Å². The molecule has 0 spiro atoms. The van der Waals surface area contributed by atoms with E-state index in [9.17, 15) is 4.79 Å². The summed E-state index contributed by atoms with van der Waals surface area (Å²) in [6.45, 7) is 8.58. The van der Waals surface area contributed by atoms with Crippen molar-refractivity contribution in [2.45, 2.75) is 27.7 Å². The summed E-state index contributed by atoms with van der Waals surface area (Å²) < 4.78 is 0. The minimum atomic E-state index is -0.380. The average molecular weight is 235 g/mol. The molecule has 1 aromatic rings. The summed E-state index contributed by atoms with van der Waals surface area (Å²) in [5.74, 6) is 0.906. The van der Waals surface area contributed by atoms with Crippen LogP contribution in [0.5, 0.6) is 0 Å². The Morgan fingerprint density at radius 3 is 2.47 bits per heavy atom. The van der Waals surface area contributed by atoms with Crippen LogP contribution in [0.3, 0.4) is 0 Å². The highest BCUT2D eigenvalue weighted by molar-refractivity contribution is 5.96. The molecule has 0 unspecified atom stereocenters. The van der Waals surface area contributed by atoms with E-state index in [1.165, 1.54) is 0 Å². The molecule has 17 heavy (non-hydrogen) atoms. The number of aromatic nitrogens is 1. The van der Waals surface area contributed by atoms with E-state index in [1.54, 1.807) is 18.1 Å². The molecule has 0 aliphatic rings. The molecule has 0 aliphatic carbocycles. The van der Waals surface area contributed by atoms with Gasteiger partial charge < -0.3 is 10.2 Å². The standard InChI is InChI=1S/C13H21N3O/c1-6-14-11-8-7-10(9-15-11)16(5)12(17)13(2,3)4/h7-9H,6H2,1-5H3,(H,14,15). The molecule has 1 heterocycles. The zero-order chi connectivity index (χ0) is 13.1. The molecule has 0 fully saturated rings. The van der Waals surface area contributed by atoms with Crippen LogP contribution in [-0.2, 0) is 4.79 Å². The van der Waals surface area contributed by atoms with Gasteiger partial charge in [0.15, 0.2) is 0 Å². The van der Waals surface area contributed by atoms with Crippen LogP contribution in [0.15, 0.2) is 18.3 Å². The number of nitrogens with zero attached hydrogens (tertiary/aromatic N) is 2. The molecule has 0 atom stereocenters. The molecule has 1 amide bonds. The minimum Gasteiger partial charge on any atom is -0.370 e. The van der Waals surface area contributed by atoms with Crippen molar-refractivity contribution in [1.29, 1.82) is 0 Å². The summed E-state index contributed by atoms with van der Waals surface area (Å²) in [5, 5.41) is 3.12. The number of anilines is 2. The van der Waals surface area contributed by atoms with Crippen LogP contribution in [0.1, 0.15) is 27.7 Å². The Morgan fingerprint density at radius 2 is 2.06 bits per heavy atom. The average Bonchev–Trinajstić information content (AvgIpc) is 2.27. The highest BCUT2D eigenvalue weighted by Crippen LogP contribution is 2.21. The van der Waals surface area contributed by atoms with Crippen LogP contribution in [0, 0.1) is 5.41 Å². The molecule has 0 saturated heterocycles. The van der Waals surface area contributed by atoms with Crippen LogP contribution in [-0.4, -0.2) is 24.5 Å². The van der Waals surface area contributed by atoms with Crippen molar-refractivity contribution in [2.75, 3.05) is 23.8 Å². The van der Waals surface area contributed by atoms with Gasteiger partial charge in [0.2, 0.25) is 5.91 Å². The molecule has 4 nitrogen and oxygen atoms in total. The van der Waals surface area contributed by atoms with Gasteiger partial charge in [-0.2, -0.15) is 0 Å². The summed E-state index contributed by atoms with van der Waals surface area (Å²) in [6.07, 6.45) is 1.71. The molecule has 1 N–H and O–H groups in total. The third-order valence-corrected chi connectivity index (χ3v) is 2.44. The van der Waals surface area contributed by atoms with Gasteiger partial charge in [0.1, 0.15) is 5.82 Å². The van der Waals surface area contributed by atoms with Gasteiger partial charge in [-0.1, -0.05) is 20.8 Å². The summed E-state index contributed by atoms with van der Waals surface area (Å²) in [7, 11) is 1.78. The SMILES string of the molecule is CCNc1ccc(N(C)C(=O)C(C)(C)C)cn1. The van der Waals surface area contributed by atoms with Crippen molar-refractivity contribution in [3.05, 3.63) is 18.3 Å². The second-order valence-electron chi connectivity index (χ2n) is 5.05. The smallest absolute Gasteiger partial charge is 0.232 e. The number of amides is 1. The molecule has 0 aromatic carbocycles. The van der Waals surface area contributed by atoms with Gasteiger partial charge in [0.25, 0.3) is 0 Å². The van der Waals surface area contributed by atoms with Gasteiger partial charge in [0, 0.05) is 19.0 Å². The van der Waals surface area contributed by atoms with E-state index in [0.29, 0.717) is 0 Å². The molecular weight excluding hydrogens is 214 g/mol. The van der Waals surface area contributed by atoms with Crippen molar-refractivity contribution in [1.82, 2.24) is 4.98 Å². The molecule has 1 aromatic heterocycles. The lowest BCUT2D eigenvalue weighted by molar-refractivity contribution is -0.125. The normalized spacial score (nSPS) is 11.1. The van der Waals surface area contributed by atoms with Crippen LogP contribution < -0.4 is 10.2 Å². The lowest BCUT2D eigenvalue weighted by Crippen LogP contribution is -2.36. The Balaban J connectivity index is 2.83. The lowest BCUT2D eigenvalue weighted by atomic mass is 9.95. The third-order valence-electron chi connectivity index (χ3n) is 2.44. The summed E-state index contributed by atoms with van der Waals surface area (Å²) >= 11 is 0. The van der Waals surface area contributed by atoms with Gasteiger partial charge in [-0.3, -0.25) is 4.79 Å². The third kappa shape index (κ3) is 3.44. The fraction of sp³-hybridized carbons (Fsp3) is 0.538. The number of hydrogen-bond donors (Lipinski definition) is 1. The Hall–Kier alpha value is -1.58. The Kier molecular flexibility index (Phi) is 4.10. The second kappa shape index (κ2) is 5.17. The van der Waals surface area contributed by atoms with E-state index in [1.807, 2.05) is 39.8 Å². The van der Waals surface area contributed by atoms with E-state index in [-0.39, 0.29) is 11.3 Å². The van der Waals surface area contributed by atoms with E-state index < -0.39 is 0 Å². The second-order valence-corrected chi connectivity index (χ2v) is 5.05. The summed E-state index contributed by atoms with van der Waals surface area (Å²) in [4.78, 5) is 17.9. The molecule has 0 saturated carbocycles. The first-order chi connectivity index (χ1) is 7.86. The van der Waals surface area contributed by atoms with Crippen molar-refractivity contribution in [3.8, 4) is 0 Å². The first kappa shape index (κ1) is 13.5. The molecule has 0 radical (unpaired) electrons. The number of nitrogens with one attached hydrogen (secondary N) is 1. The first-order valence-electron chi connectivity index (χ1n) is 5.84. The van der Waals surface area contributed by atoms with Gasteiger partial charge in [0.05, 0.1) is 11.9 Å². The van der Waals surface area contributed by atoms with Gasteiger partial charge in [-0.05, 0) is 19.1 Å². The maximum Gasteiger partial charge on any atom is 0.232 e. The van der Waals surface area contributed by atoms with Crippen LogP contribution >= 0.6 is 0 Å². The van der Waals surface area contributed by atoms with Gasteiger partial charge in [-0.15, -0.1) is 0 Å². The Labute approximate surface area is 103 Å². The molecular formula is C13H21N3O. The fourth-order valence-corrected chi connectivity index (χ4v) is 1.49. The fourth-order valence-electron chi connectivity index (χ4n) is 1.49. The number of pyridine rings is 1. The quantitative estimate of drug-likeness (QED) is 0.875. The monoisotopic (exact) mass is 235 g/mol. The molecule has 94 valence electrons.